The van der Waals surface area contributed by atoms with Gasteiger partial charge in [0.2, 0.25) is 6.54 Å². The van der Waals surface area contributed by atoms with Crippen molar-refractivity contribution in [2.45, 2.75) is 23.9 Å². The lowest BCUT2D eigenvalue weighted by Gasteiger charge is -2.18. The van der Waals surface area contributed by atoms with Crippen molar-refractivity contribution >= 4 is 39.3 Å². The molecule has 0 fully saturated rings. The Bertz CT molecular complexity index is 1280. The van der Waals surface area contributed by atoms with Gasteiger partial charge in [0, 0.05) is 25.7 Å². The second-order valence-corrected chi connectivity index (χ2v) is 9.94. The fourth-order valence-corrected chi connectivity index (χ4v) is 4.98. The normalized spacial score (nSPS) is 11.9. The van der Waals surface area contributed by atoms with E-state index in [9.17, 15) is 10.1 Å². The first kappa shape index (κ1) is 24.3. The van der Waals surface area contributed by atoms with Crippen LogP contribution in [0.2, 0.25) is 5.02 Å². The molecule has 0 saturated carbocycles. The van der Waals surface area contributed by atoms with Crippen LogP contribution in [0.4, 0.5) is 0 Å². The quantitative estimate of drug-likeness (QED) is 0.129. The number of aromatic nitrogens is 3. The van der Waals surface area contributed by atoms with E-state index in [2.05, 4.69) is 26.1 Å². The van der Waals surface area contributed by atoms with Gasteiger partial charge in [-0.05, 0) is 55.0 Å². The molecular weight excluding hydrogens is 540 g/mol. The highest BCUT2D eigenvalue weighted by molar-refractivity contribution is 9.10. The van der Waals surface area contributed by atoms with Crippen LogP contribution < -0.4 is 4.74 Å². The minimum atomic E-state index is -0.536. The molecule has 1 aromatic heterocycles. The van der Waals surface area contributed by atoms with Crippen molar-refractivity contribution in [1.82, 2.24) is 14.8 Å². The number of nitrogens with zero attached hydrogens (tertiary/aromatic N) is 4. The summed E-state index contributed by atoms with van der Waals surface area (Å²) in [6, 6.07) is 22.5. The fraction of sp³-hybridized carbons (Fsp3) is 0.167. The summed E-state index contributed by atoms with van der Waals surface area (Å²) in [6.45, 7) is 1.89. The van der Waals surface area contributed by atoms with Gasteiger partial charge >= 0.3 is 0 Å². The fourth-order valence-electron chi connectivity index (χ4n) is 3.39. The molecular formula is C24H20BrClN4O3S. The first-order valence-corrected chi connectivity index (χ1v) is 12.4. The molecule has 7 nitrogen and oxygen atoms in total. The van der Waals surface area contributed by atoms with E-state index in [0.717, 1.165) is 21.3 Å². The van der Waals surface area contributed by atoms with Gasteiger partial charge < -0.3 is 4.74 Å². The maximum absolute atomic E-state index is 11.6. The number of hydrogen-bond donors (Lipinski definition) is 0. The van der Waals surface area contributed by atoms with Crippen LogP contribution >= 0.6 is 39.3 Å². The molecule has 0 aliphatic carbocycles. The Morgan fingerprint density at radius 3 is 2.50 bits per heavy atom. The summed E-state index contributed by atoms with van der Waals surface area (Å²) in [5, 5.41) is 20.7. The molecule has 0 saturated heterocycles. The van der Waals surface area contributed by atoms with Gasteiger partial charge in [0.1, 0.15) is 23.4 Å². The summed E-state index contributed by atoms with van der Waals surface area (Å²) in [6.07, 6.45) is 0. The van der Waals surface area contributed by atoms with Crippen LogP contribution in [0.5, 0.6) is 5.75 Å². The topological polar surface area (TPSA) is 83.1 Å². The first-order valence-electron chi connectivity index (χ1n) is 10.3. The Kier molecular flexibility index (Phi) is 7.87. The Morgan fingerprint density at radius 2 is 1.79 bits per heavy atom. The summed E-state index contributed by atoms with van der Waals surface area (Å²) >= 11 is 10.7. The second kappa shape index (κ2) is 11.0. The molecule has 4 aromatic rings. The van der Waals surface area contributed by atoms with Crippen LogP contribution in [0, 0.1) is 17.0 Å². The van der Waals surface area contributed by atoms with Crippen LogP contribution in [0.1, 0.15) is 22.2 Å². The number of halogens is 2. The zero-order chi connectivity index (χ0) is 24.1. The van der Waals surface area contributed by atoms with Crippen molar-refractivity contribution in [3.05, 3.63) is 109 Å². The van der Waals surface area contributed by atoms with E-state index in [4.69, 9.17) is 16.3 Å². The highest BCUT2D eigenvalue weighted by atomic mass is 79.9. The van der Waals surface area contributed by atoms with Crippen LogP contribution in [0.3, 0.4) is 0 Å². The molecule has 0 aliphatic heterocycles. The van der Waals surface area contributed by atoms with Crippen molar-refractivity contribution in [2.24, 2.45) is 0 Å². The van der Waals surface area contributed by atoms with Gasteiger partial charge in [0.05, 0.1) is 0 Å². The third kappa shape index (κ3) is 5.97. The summed E-state index contributed by atoms with van der Waals surface area (Å²) in [5.41, 5.74) is 2.55. The number of ether oxygens (including phenoxy) is 1. The third-order valence-corrected chi connectivity index (χ3v) is 6.96. The van der Waals surface area contributed by atoms with E-state index in [1.807, 2.05) is 72.2 Å². The number of thioether (sulfide) groups is 1. The van der Waals surface area contributed by atoms with E-state index in [1.165, 1.54) is 11.8 Å². The highest BCUT2D eigenvalue weighted by Crippen LogP contribution is 2.40. The van der Waals surface area contributed by atoms with Crippen LogP contribution in [0.25, 0.3) is 5.69 Å². The SMILES string of the molecule is Cc1nnc(S[C@H](C[N+](=O)[O-])c2ccccc2OCc2ccc(Br)cc2)n1-c1ccc(Cl)cc1. The van der Waals surface area contributed by atoms with Gasteiger partial charge in [0.25, 0.3) is 0 Å². The third-order valence-electron chi connectivity index (χ3n) is 5.02. The van der Waals surface area contributed by atoms with Gasteiger partial charge in [0.15, 0.2) is 5.16 Å². The van der Waals surface area contributed by atoms with E-state index >= 15 is 0 Å². The monoisotopic (exact) mass is 558 g/mol. The van der Waals surface area contributed by atoms with E-state index in [-0.39, 0.29) is 11.5 Å². The molecule has 34 heavy (non-hydrogen) atoms. The first-order chi connectivity index (χ1) is 16.4. The largest absolute Gasteiger partial charge is 0.489 e. The summed E-state index contributed by atoms with van der Waals surface area (Å²) in [5.74, 6) is 1.27. The average Bonchev–Trinajstić information content (AvgIpc) is 3.18. The molecule has 1 heterocycles. The molecule has 0 N–H and O–H groups in total. The number of nitro groups is 1. The molecule has 3 aromatic carbocycles. The van der Waals surface area contributed by atoms with E-state index < -0.39 is 5.25 Å². The summed E-state index contributed by atoms with van der Waals surface area (Å²) < 4.78 is 8.93. The number of para-hydroxylation sites is 1. The summed E-state index contributed by atoms with van der Waals surface area (Å²) in [7, 11) is 0. The summed E-state index contributed by atoms with van der Waals surface area (Å²) in [4.78, 5) is 11.3. The highest BCUT2D eigenvalue weighted by Gasteiger charge is 2.26. The number of aryl methyl sites for hydroxylation is 1. The minimum absolute atomic E-state index is 0.296. The molecule has 0 bridgehead atoms. The Hall–Kier alpha value is -2.88. The van der Waals surface area contributed by atoms with Crippen LogP contribution in [0.15, 0.2) is 82.4 Å². The van der Waals surface area contributed by atoms with Crippen molar-refractivity contribution in [3.63, 3.8) is 0 Å². The van der Waals surface area contributed by atoms with Gasteiger partial charge in [-0.15, -0.1) is 10.2 Å². The molecule has 0 radical (unpaired) electrons. The lowest BCUT2D eigenvalue weighted by atomic mass is 10.1. The van der Waals surface area contributed by atoms with E-state index in [0.29, 0.717) is 28.4 Å². The van der Waals surface area contributed by atoms with Crippen molar-refractivity contribution in [3.8, 4) is 11.4 Å². The van der Waals surface area contributed by atoms with Crippen molar-refractivity contribution in [1.29, 1.82) is 0 Å². The predicted octanol–water partition coefficient (Wildman–Crippen LogP) is 6.68. The Balaban J connectivity index is 1.63. The van der Waals surface area contributed by atoms with Crippen LogP contribution in [-0.2, 0) is 6.61 Å². The maximum Gasteiger partial charge on any atom is 0.220 e. The standard InChI is InChI=1S/C24H20BrClN4O3S/c1-16-27-28-24(30(16)20-12-10-19(26)11-13-20)34-23(14-29(31)32)21-4-2-3-5-22(21)33-15-17-6-8-18(25)9-7-17/h2-13,23H,14-15H2,1H3/t23-/m1/s1. The van der Waals surface area contributed by atoms with Gasteiger partial charge in [-0.25, -0.2) is 0 Å². The minimum Gasteiger partial charge on any atom is -0.489 e. The molecule has 1 atom stereocenters. The molecule has 0 aliphatic rings. The smallest absolute Gasteiger partial charge is 0.220 e. The van der Waals surface area contributed by atoms with Crippen molar-refractivity contribution in [2.75, 3.05) is 6.54 Å². The van der Waals surface area contributed by atoms with Crippen molar-refractivity contribution < 1.29 is 9.66 Å². The molecule has 0 spiro atoms. The zero-order valence-electron chi connectivity index (χ0n) is 18.1. The Labute approximate surface area is 214 Å². The van der Waals surface area contributed by atoms with Gasteiger partial charge in [-0.3, -0.25) is 14.7 Å². The number of rotatable bonds is 9. The van der Waals surface area contributed by atoms with Gasteiger partial charge in [-0.1, -0.05) is 69.6 Å². The number of hydrogen-bond acceptors (Lipinski definition) is 6. The maximum atomic E-state index is 11.6. The lowest BCUT2D eigenvalue weighted by Crippen LogP contribution is -2.12. The zero-order valence-corrected chi connectivity index (χ0v) is 21.3. The average molecular weight is 560 g/mol. The molecule has 174 valence electrons. The number of benzene rings is 3. The molecule has 4 rings (SSSR count). The van der Waals surface area contributed by atoms with Crippen LogP contribution in [-0.4, -0.2) is 26.2 Å². The second-order valence-electron chi connectivity index (χ2n) is 7.42. The molecule has 10 heteroatoms. The van der Waals surface area contributed by atoms with E-state index in [1.54, 1.807) is 12.1 Å². The Morgan fingerprint density at radius 1 is 1.09 bits per heavy atom. The lowest BCUT2D eigenvalue weighted by molar-refractivity contribution is -0.479. The predicted molar refractivity (Wildman–Crippen MR) is 136 cm³/mol. The molecule has 0 unspecified atom stereocenters. The van der Waals surface area contributed by atoms with Gasteiger partial charge in [-0.2, -0.15) is 0 Å². The molecule has 0 amide bonds.